The number of nitrogens with one attached hydrogen (secondary N) is 3. The Balaban J connectivity index is 1.37. The molecule has 3 rings (SSSR count). The number of hydrogen-bond donors (Lipinski definition) is 3. The number of amides is 2. The lowest BCUT2D eigenvalue weighted by Gasteiger charge is -2.17. The number of pyridine rings is 1. The molecular formula is C22H25N5O2S2. The van der Waals surface area contributed by atoms with E-state index in [0.717, 1.165) is 16.8 Å². The molecule has 3 N–H and O–H groups in total. The van der Waals surface area contributed by atoms with Gasteiger partial charge in [-0.05, 0) is 65.9 Å². The third-order valence-corrected chi connectivity index (χ3v) is 5.70. The summed E-state index contributed by atoms with van der Waals surface area (Å²) in [5, 5.41) is 5.64. The maximum Gasteiger partial charge on any atom is 0.319 e. The molecule has 0 spiro atoms. The molecule has 3 aromatic rings. The van der Waals surface area contributed by atoms with Crippen LogP contribution in [-0.4, -0.2) is 24.3 Å². The third kappa shape index (κ3) is 7.80. The number of hydroxylamine groups is 1. The smallest absolute Gasteiger partial charge is 0.319 e. The van der Waals surface area contributed by atoms with Gasteiger partial charge in [-0.25, -0.2) is 9.08 Å². The van der Waals surface area contributed by atoms with E-state index in [1.165, 1.54) is 17.1 Å². The first-order valence-electron chi connectivity index (χ1n) is 9.61. The average molecular weight is 456 g/mol. The average Bonchev–Trinajstić information content (AvgIpc) is 2.82. The molecule has 162 valence electrons. The second kappa shape index (κ2) is 12.2. The number of nitrogens with zero attached hydrogens (tertiary/aromatic N) is 2. The lowest BCUT2D eigenvalue weighted by molar-refractivity contribution is 0.232. The van der Waals surface area contributed by atoms with Crippen molar-refractivity contribution < 1.29 is 9.08 Å². The van der Waals surface area contributed by atoms with Crippen molar-refractivity contribution in [1.82, 2.24) is 15.8 Å². The van der Waals surface area contributed by atoms with Gasteiger partial charge in [-0.1, -0.05) is 12.1 Å². The zero-order valence-corrected chi connectivity index (χ0v) is 19.0. The normalized spacial score (nSPS) is 10.5. The topological polar surface area (TPSA) is 78.5 Å². The Morgan fingerprint density at radius 2 is 1.65 bits per heavy atom. The van der Waals surface area contributed by atoms with E-state index < -0.39 is 0 Å². The van der Waals surface area contributed by atoms with E-state index in [1.807, 2.05) is 47.8 Å². The van der Waals surface area contributed by atoms with Crippen LogP contribution in [0.2, 0.25) is 0 Å². The van der Waals surface area contributed by atoms with Crippen molar-refractivity contribution >= 4 is 41.4 Å². The van der Waals surface area contributed by atoms with Crippen molar-refractivity contribution in [3.8, 4) is 0 Å². The van der Waals surface area contributed by atoms with Crippen LogP contribution in [0.25, 0.3) is 0 Å². The molecule has 0 atom stereocenters. The maximum absolute atomic E-state index is 12.0. The van der Waals surface area contributed by atoms with Gasteiger partial charge in [0.05, 0.1) is 0 Å². The van der Waals surface area contributed by atoms with E-state index in [1.54, 1.807) is 24.2 Å². The highest BCUT2D eigenvalue weighted by Crippen LogP contribution is 2.22. The van der Waals surface area contributed by atoms with E-state index in [-0.39, 0.29) is 6.03 Å². The molecule has 31 heavy (non-hydrogen) atoms. The van der Waals surface area contributed by atoms with Gasteiger partial charge < -0.3 is 10.6 Å². The summed E-state index contributed by atoms with van der Waals surface area (Å²) in [5.74, 6) is 0. The van der Waals surface area contributed by atoms with Crippen LogP contribution in [0, 0.1) is 0 Å². The molecule has 2 aromatic carbocycles. The lowest BCUT2D eigenvalue weighted by atomic mass is 10.2. The Morgan fingerprint density at radius 1 is 0.968 bits per heavy atom. The summed E-state index contributed by atoms with van der Waals surface area (Å²) < 4.78 is 7.37. The fourth-order valence-electron chi connectivity index (χ4n) is 2.59. The molecule has 9 heteroatoms. The Labute approximate surface area is 191 Å². The minimum Gasteiger partial charge on any atom is -0.334 e. The Morgan fingerprint density at radius 3 is 2.32 bits per heavy atom. The van der Waals surface area contributed by atoms with Gasteiger partial charge in [0.2, 0.25) is 0 Å². The van der Waals surface area contributed by atoms with Crippen molar-refractivity contribution in [3.63, 3.8) is 0 Å². The predicted octanol–water partition coefficient (Wildman–Crippen LogP) is 4.85. The number of hydrogen-bond acceptors (Lipinski definition) is 7. The van der Waals surface area contributed by atoms with Crippen molar-refractivity contribution in [2.75, 3.05) is 22.9 Å². The summed E-state index contributed by atoms with van der Waals surface area (Å²) in [4.78, 5) is 17.2. The van der Waals surface area contributed by atoms with Crippen molar-refractivity contribution in [1.29, 1.82) is 0 Å². The van der Waals surface area contributed by atoms with Gasteiger partial charge in [0.1, 0.15) is 12.2 Å². The van der Waals surface area contributed by atoms with Crippen LogP contribution in [-0.2, 0) is 17.4 Å². The number of urea groups is 1. The van der Waals surface area contributed by atoms with Crippen LogP contribution in [0.3, 0.4) is 0 Å². The Hall–Kier alpha value is -2.72. The molecule has 0 aliphatic heterocycles. The molecule has 0 radical (unpaired) electrons. The van der Waals surface area contributed by atoms with Crippen molar-refractivity contribution in [3.05, 3.63) is 84.2 Å². The second-order valence-electron chi connectivity index (χ2n) is 6.53. The molecule has 1 aromatic heterocycles. The molecular weight excluding hydrogens is 430 g/mol. The van der Waals surface area contributed by atoms with Gasteiger partial charge in [0, 0.05) is 48.8 Å². The highest BCUT2D eigenvalue weighted by Gasteiger charge is 2.05. The number of thioether (sulfide) groups is 1. The van der Waals surface area contributed by atoms with E-state index in [0.29, 0.717) is 18.8 Å². The van der Waals surface area contributed by atoms with Crippen LogP contribution < -0.4 is 20.4 Å². The SMILES string of the molecule is CSc1ccc(CNOSN(C)c2ccc(NC(=O)NCc3ccncc3)cc2)cc1. The number of carbonyl (C=O) groups excluding carboxylic acids is 1. The quantitative estimate of drug-likeness (QED) is 0.133. The number of benzene rings is 2. The van der Waals surface area contributed by atoms with E-state index >= 15 is 0 Å². The van der Waals surface area contributed by atoms with Gasteiger partial charge in [-0.3, -0.25) is 9.29 Å². The second-order valence-corrected chi connectivity index (χ2v) is 8.28. The largest absolute Gasteiger partial charge is 0.334 e. The number of rotatable bonds is 10. The fraction of sp³-hybridized carbons (Fsp3) is 0.182. The molecule has 0 saturated carbocycles. The molecule has 7 nitrogen and oxygen atoms in total. The first-order valence-corrected chi connectivity index (χ1v) is 11.5. The monoisotopic (exact) mass is 455 g/mol. The highest BCUT2D eigenvalue weighted by molar-refractivity contribution is 7.98. The van der Waals surface area contributed by atoms with Crippen LogP contribution in [0.4, 0.5) is 16.2 Å². The van der Waals surface area contributed by atoms with Gasteiger partial charge in [0.25, 0.3) is 0 Å². The minimum absolute atomic E-state index is 0.259. The molecule has 0 saturated heterocycles. The van der Waals surface area contributed by atoms with Crippen molar-refractivity contribution in [2.45, 2.75) is 18.0 Å². The molecule has 0 unspecified atom stereocenters. The van der Waals surface area contributed by atoms with Crippen LogP contribution in [0.1, 0.15) is 11.1 Å². The zero-order valence-electron chi connectivity index (χ0n) is 17.4. The van der Waals surface area contributed by atoms with E-state index in [9.17, 15) is 4.79 Å². The van der Waals surface area contributed by atoms with Crippen LogP contribution in [0.15, 0.2) is 78.0 Å². The van der Waals surface area contributed by atoms with Crippen LogP contribution in [0.5, 0.6) is 0 Å². The summed E-state index contributed by atoms with van der Waals surface area (Å²) in [6.07, 6.45) is 5.46. The fourth-order valence-corrected chi connectivity index (χ4v) is 3.43. The standard InChI is InChI=1S/C22H25N5O2S2/c1-27(31-29-25-16-17-3-9-21(30-2)10-4-17)20-7-5-19(6-8-20)26-22(28)24-15-18-11-13-23-14-12-18/h3-14,25H,15-16H2,1-2H3,(H2,24,26,28). The minimum atomic E-state index is -0.259. The van der Waals surface area contributed by atoms with Crippen LogP contribution >= 0.6 is 24.0 Å². The van der Waals surface area contributed by atoms with Crippen molar-refractivity contribution in [2.24, 2.45) is 0 Å². The maximum atomic E-state index is 12.0. The van der Waals surface area contributed by atoms with E-state index in [4.69, 9.17) is 4.28 Å². The number of anilines is 2. The van der Waals surface area contributed by atoms with Gasteiger partial charge in [0.15, 0.2) is 0 Å². The summed E-state index contributed by atoms with van der Waals surface area (Å²) in [6.45, 7) is 1.06. The first-order chi connectivity index (χ1) is 15.1. The number of carbonyl (C=O) groups is 1. The van der Waals surface area contributed by atoms with E-state index in [2.05, 4.69) is 51.6 Å². The number of aromatic nitrogens is 1. The third-order valence-electron chi connectivity index (χ3n) is 4.33. The molecule has 0 fully saturated rings. The van der Waals surface area contributed by atoms with Gasteiger partial charge in [-0.15, -0.1) is 11.8 Å². The van der Waals surface area contributed by atoms with Gasteiger partial charge >= 0.3 is 6.03 Å². The highest BCUT2D eigenvalue weighted by atomic mass is 32.2. The summed E-state index contributed by atoms with van der Waals surface area (Å²) in [5.41, 5.74) is 6.75. The molecule has 0 aliphatic rings. The lowest BCUT2D eigenvalue weighted by Crippen LogP contribution is -2.28. The molecule has 1 heterocycles. The predicted molar refractivity (Wildman–Crippen MR) is 129 cm³/mol. The Kier molecular flexibility index (Phi) is 9.04. The Bertz CT molecular complexity index is 940. The summed E-state index contributed by atoms with van der Waals surface area (Å²) in [7, 11) is 1.91. The molecule has 2 amide bonds. The molecule has 0 bridgehead atoms. The zero-order chi connectivity index (χ0) is 21.9. The summed E-state index contributed by atoms with van der Waals surface area (Å²) in [6, 6.07) is 19.3. The summed E-state index contributed by atoms with van der Waals surface area (Å²) >= 11 is 2.92. The molecule has 0 aliphatic carbocycles. The first kappa shape index (κ1) is 23.0. The van der Waals surface area contributed by atoms with Gasteiger partial charge in [-0.2, -0.15) is 5.48 Å².